The van der Waals surface area contributed by atoms with Crippen molar-refractivity contribution >= 4 is 11.8 Å². The molecule has 0 unspecified atom stereocenters. The van der Waals surface area contributed by atoms with Crippen molar-refractivity contribution in [1.29, 1.82) is 0 Å². The average molecular weight is 374 g/mol. The molecule has 0 radical (unpaired) electrons. The Hall–Kier alpha value is -3.41. The van der Waals surface area contributed by atoms with Gasteiger partial charge in [0.25, 0.3) is 5.91 Å². The third-order valence-corrected chi connectivity index (χ3v) is 4.94. The monoisotopic (exact) mass is 374 g/mol. The maximum atomic E-state index is 13.2. The van der Waals surface area contributed by atoms with Crippen LogP contribution in [0.5, 0.6) is 0 Å². The highest BCUT2D eigenvalue weighted by Gasteiger charge is 2.33. The number of carbonyl (C=O) groups excluding carboxylic acids is 2. The zero-order chi connectivity index (χ0) is 19.3. The van der Waals surface area contributed by atoms with E-state index in [1.807, 2.05) is 65.5 Å². The van der Waals surface area contributed by atoms with E-state index in [1.54, 1.807) is 17.2 Å². The molecule has 1 aliphatic heterocycles. The lowest BCUT2D eigenvalue weighted by molar-refractivity contribution is -0.127. The van der Waals surface area contributed by atoms with Crippen LogP contribution in [0, 0.1) is 0 Å². The zero-order valence-corrected chi connectivity index (χ0v) is 15.5. The van der Waals surface area contributed by atoms with Crippen LogP contribution in [0.25, 0.3) is 0 Å². The molecule has 2 aromatic carbocycles. The smallest absolute Gasteiger partial charge is 0.254 e. The van der Waals surface area contributed by atoms with Crippen LogP contribution in [0.15, 0.2) is 73.1 Å². The Bertz CT molecular complexity index is 954. The molecular formula is C22H22N4O2. The first-order chi connectivity index (χ1) is 13.7. The van der Waals surface area contributed by atoms with Gasteiger partial charge in [-0.25, -0.2) is 0 Å². The van der Waals surface area contributed by atoms with Crippen molar-refractivity contribution in [2.24, 2.45) is 0 Å². The molecule has 0 saturated carbocycles. The quantitative estimate of drug-likeness (QED) is 0.744. The molecule has 0 aliphatic carbocycles. The molecule has 1 saturated heterocycles. The Kier molecular flexibility index (Phi) is 5.19. The van der Waals surface area contributed by atoms with E-state index in [0.29, 0.717) is 31.6 Å². The summed E-state index contributed by atoms with van der Waals surface area (Å²) in [7, 11) is 0. The molecule has 1 fully saturated rings. The number of benzene rings is 2. The number of amides is 2. The molecular weight excluding hydrogens is 352 g/mol. The maximum absolute atomic E-state index is 13.2. The molecule has 1 N–H and O–H groups in total. The van der Waals surface area contributed by atoms with E-state index in [0.717, 1.165) is 11.1 Å². The highest BCUT2D eigenvalue weighted by Crippen LogP contribution is 2.17. The second-order valence-electron chi connectivity index (χ2n) is 6.90. The van der Waals surface area contributed by atoms with E-state index in [2.05, 4.69) is 10.4 Å². The van der Waals surface area contributed by atoms with E-state index >= 15 is 0 Å². The topological polar surface area (TPSA) is 67.2 Å². The standard InChI is InChI=1S/C22H22N4O2/c27-21-20(15-17-6-2-1-3-7-17)26(13-11-23-21)22(28)19-9-4-8-18(14-19)16-25-12-5-10-24-25/h1-10,12,14,20H,11,13,15-16H2,(H,23,27)/t20-/m0/s1. The van der Waals surface area contributed by atoms with Gasteiger partial charge in [0.15, 0.2) is 0 Å². The molecule has 6 nitrogen and oxygen atoms in total. The lowest BCUT2D eigenvalue weighted by Gasteiger charge is -2.35. The fourth-order valence-electron chi connectivity index (χ4n) is 3.55. The highest BCUT2D eigenvalue weighted by atomic mass is 16.2. The van der Waals surface area contributed by atoms with Gasteiger partial charge in [-0.15, -0.1) is 0 Å². The van der Waals surface area contributed by atoms with E-state index in [9.17, 15) is 9.59 Å². The van der Waals surface area contributed by atoms with Crippen molar-refractivity contribution in [3.05, 3.63) is 89.7 Å². The SMILES string of the molecule is O=C1NCCN(C(=O)c2cccc(Cn3cccn3)c2)[C@H]1Cc1ccccc1. The first kappa shape index (κ1) is 18.0. The molecule has 3 aromatic rings. The molecule has 28 heavy (non-hydrogen) atoms. The van der Waals surface area contributed by atoms with Crippen molar-refractivity contribution in [2.45, 2.75) is 19.0 Å². The maximum Gasteiger partial charge on any atom is 0.254 e. The molecule has 1 aromatic heterocycles. The van der Waals surface area contributed by atoms with E-state index < -0.39 is 6.04 Å². The number of nitrogens with one attached hydrogen (secondary N) is 1. The predicted molar refractivity (Wildman–Crippen MR) is 106 cm³/mol. The lowest BCUT2D eigenvalue weighted by Crippen LogP contribution is -2.58. The molecule has 6 heteroatoms. The van der Waals surface area contributed by atoms with Gasteiger partial charge < -0.3 is 10.2 Å². The molecule has 4 rings (SSSR count). The minimum atomic E-state index is -0.501. The van der Waals surface area contributed by atoms with Crippen molar-refractivity contribution in [3.63, 3.8) is 0 Å². The van der Waals surface area contributed by atoms with Crippen LogP contribution in [0.1, 0.15) is 21.5 Å². The summed E-state index contributed by atoms with van der Waals surface area (Å²) in [5.74, 6) is -0.214. The first-order valence-electron chi connectivity index (χ1n) is 9.40. The molecule has 1 atom stereocenters. The summed E-state index contributed by atoms with van der Waals surface area (Å²) < 4.78 is 1.82. The molecule has 142 valence electrons. The van der Waals surface area contributed by atoms with Gasteiger partial charge in [-0.3, -0.25) is 14.3 Å². The largest absolute Gasteiger partial charge is 0.353 e. The van der Waals surface area contributed by atoms with Gasteiger partial charge >= 0.3 is 0 Å². The van der Waals surface area contributed by atoms with E-state index in [4.69, 9.17) is 0 Å². The summed E-state index contributed by atoms with van der Waals surface area (Å²) in [6.07, 6.45) is 4.13. The van der Waals surface area contributed by atoms with Gasteiger partial charge in [-0.1, -0.05) is 42.5 Å². The summed E-state index contributed by atoms with van der Waals surface area (Å²) in [5, 5.41) is 7.10. The van der Waals surface area contributed by atoms with E-state index in [1.165, 1.54) is 0 Å². The Morgan fingerprint density at radius 2 is 1.89 bits per heavy atom. The van der Waals surface area contributed by atoms with Crippen molar-refractivity contribution in [2.75, 3.05) is 13.1 Å². The van der Waals surface area contributed by atoms with Crippen LogP contribution < -0.4 is 5.32 Å². The molecule has 2 amide bonds. The molecule has 0 spiro atoms. The van der Waals surface area contributed by atoms with Crippen LogP contribution in [0.3, 0.4) is 0 Å². The highest BCUT2D eigenvalue weighted by molar-refractivity contribution is 5.98. The van der Waals surface area contributed by atoms with Gasteiger partial charge in [0.2, 0.25) is 5.91 Å². The number of hydrogen-bond donors (Lipinski definition) is 1. The number of aromatic nitrogens is 2. The van der Waals surface area contributed by atoms with Crippen molar-refractivity contribution in [1.82, 2.24) is 20.0 Å². The van der Waals surface area contributed by atoms with Gasteiger partial charge in [-0.05, 0) is 29.3 Å². The summed E-state index contributed by atoms with van der Waals surface area (Å²) in [5.41, 5.74) is 2.63. The first-order valence-corrected chi connectivity index (χ1v) is 9.40. The second kappa shape index (κ2) is 8.08. The van der Waals surface area contributed by atoms with Crippen LogP contribution in [0.2, 0.25) is 0 Å². The third kappa shape index (κ3) is 3.96. The molecule has 1 aliphatic rings. The second-order valence-corrected chi connectivity index (χ2v) is 6.90. The fourth-order valence-corrected chi connectivity index (χ4v) is 3.55. The van der Waals surface area contributed by atoms with Crippen LogP contribution in [-0.2, 0) is 17.8 Å². The zero-order valence-electron chi connectivity index (χ0n) is 15.5. The fraction of sp³-hybridized carbons (Fsp3) is 0.227. The van der Waals surface area contributed by atoms with Crippen LogP contribution in [0.4, 0.5) is 0 Å². The Labute approximate surface area is 163 Å². The number of rotatable bonds is 5. The summed E-state index contributed by atoms with van der Waals surface area (Å²) in [4.78, 5) is 27.4. The van der Waals surface area contributed by atoms with Crippen LogP contribution in [-0.4, -0.2) is 45.6 Å². The number of hydrogen-bond acceptors (Lipinski definition) is 3. The van der Waals surface area contributed by atoms with Crippen LogP contribution >= 0.6 is 0 Å². The van der Waals surface area contributed by atoms with Crippen molar-refractivity contribution < 1.29 is 9.59 Å². The summed E-state index contributed by atoms with van der Waals surface area (Å²) in [6, 6.07) is 18.7. The minimum absolute atomic E-state index is 0.101. The average Bonchev–Trinajstić information content (AvgIpc) is 3.23. The van der Waals surface area contributed by atoms with Gasteiger partial charge in [-0.2, -0.15) is 5.10 Å². The predicted octanol–water partition coefficient (Wildman–Crippen LogP) is 2.11. The Morgan fingerprint density at radius 3 is 2.68 bits per heavy atom. The summed E-state index contributed by atoms with van der Waals surface area (Å²) in [6.45, 7) is 1.58. The minimum Gasteiger partial charge on any atom is -0.353 e. The number of piperazine rings is 1. The number of nitrogens with zero attached hydrogens (tertiary/aromatic N) is 3. The van der Waals surface area contributed by atoms with Gasteiger partial charge in [0.1, 0.15) is 6.04 Å². The third-order valence-electron chi connectivity index (χ3n) is 4.94. The lowest BCUT2D eigenvalue weighted by atomic mass is 10.0. The van der Waals surface area contributed by atoms with Crippen molar-refractivity contribution in [3.8, 4) is 0 Å². The molecule has 0 bridgehead atoms. The van der Waals surface area contributed by atoms with Gasteiger partial charge in [0.05, 0.1) is 6.54 Å². The normalized spacial score (nSPS) is 16.6. The number of carbonyl (C=O) groups is 2. The molecule has 2 heterocycles. The van der Waals surface area contributed by atoms with Gasteiger partial charge in [0, 0.05) is 37.5 Å². The Morgan fingerprint density at radius 1 is 1.07 bits per heavy atom. The van der Waals surface area contributed by atoms with E-state index in [-0.39, 0.29) is 11.8 Å². The summed E-state index contributed by atoms with van der Waals surface area (Å²) >= 11 is 0. The Balaban J connectivity index is 1.55.